The Morgan fingerprint density at radius 3 is 2.47 bits per heavy atom. The van der Waals surface area contributed by atoms with Crippen molar-refractivity contribution in [3.63, 3.8) is 0 Å². The van der Waals surface area contributed by atoms with E-state index in [2.05, 4.69) is 42.5 Å². The molecule has 94 valence electrons. The quantitative estimate of drug-likeness (QED) is 0.694. The summed E-state index contributed by atoms with van der Waals surface area (Å²) in [5, 5.41) is 2.46. The molecule has 0 heterocycles. The molecule has 19 heavy (non-hydrogen) atoms. The van der Waals surface area contributed by atoms with Crippen LogP contribution in [0.2, 0.25) is 0 Å². The standard InChI is InChI=1S/C17H15NO/c1-19-17-10-9-13(11-16(17)18)15-8-4-6-12-5-2-3-7-14(12)15/h2-11H,18H2,1H3. The molecule has 2 nitrogen and oxygen atoms in total. The third kappa shape index (κ3) is 2.02. The number of nitrogen functional groups attached to an aromatic ring is 1. The lowest BCUT2D eigenvalue weighted by Crippen LogP contribution is -1.92. The normalized spacial score (nSPS) is 10.6. The van der Waals surface area contributed by atoms with Gasteiger partial charge in [-0.2, -0.15) is 0 Å². The second kappa shape index (κ2) is 4.65. The predicted molar refractivity (Wildman–Crippen MR) is 80.3 cm³/mol. The highest BCUT2D eigenvalue weighted by atomic mass is 16.5. The van der Waals surface area contributed by atoms with E-state index < -0.39 is 0 Å². The third-order valence-corrected chi connectivity index (χ3v) is 3.33. The van der Waals surface area contributed by atoms with E-state index in [0.717, 1.165) is 5.56 Å². The highest BCUT2D eigenvalue weighted by Crippen LogP contribution is 2.32. The smallest absolute Gasteiger partial charge is 0.141 e. The minimum atomic E-state index is 0.660. The summed E-state index contributed by atoms with van der Waals surface area (Å²) >= 11 is 0. The molecule has 0 atom stereocenters. The van der Waals surface area contributed by atoms with E-state index in [-0.39, 0.29) is 0 Å². The first kappa shape index (κ1) is 11.6. The van der Waals surface area contributed by atoms with Gasteiger partial charge in [0.2, 0.25) is 0 Å². The number of hydrogen-bond donors (Lipinski definition) is 1. The van der Waals surface area contributed by atoms with Crippen LogP contribution in [0.25, 0.3) is 21.9 Å². The van der Waals surface area contributed by atoms with Gasteiger partial charge in [0, 0.05) is 0 Å². The van der Waals surface area contributed by atoms with Gasteiger partial charge >= 0.3 is 0 Å². The summed E-state index contributed by atoms with van der Waals surface area (Å²) in [4.78, 5) is 0. The molecule has 0 saturated carbocycles. The van der Waals surface area contributed by atoms with Gasteiger partial charge in [-0.1, -0.05) is 48.5 Å². The largest absolute Gasteiger partial charge is 0.495 e. The van der Waals surface area contributed by atoms with E-state index in [9.17, 15) is 0 Å². The summed E-state index contributed by atoms with van der Waals surface area (Å²) < 4.78 is 5.20. The van der Waals surface area contributed by atoms with E-state index in [1.54, 1.807) is 7.11 Å². The van der Waals surface area contributed by atoms with E-state index in [1.807, 2.05) is 18.2 Å². The summed E-state index contributed by atoms with van der Waals surface area (Å²) in [5.74, 6) is 0.712. The number of methoxy groups -OCH3 is 1. The van der Waals surface area contributed by atoms with Gasteiger partial charge in [-0.25, -0.2) is 0 Å². The maximum atomic E-state index is 5.99. The number of ether oxygens (including phenoxy) is 1. The maximum absolute atomic E-state index is 5.99. The lowest BCUT2D eigenvalue weighted by molar-refractivity contribution is 0.417. The van der Waals surface area contributed by atoms with Crippen molar-refractivity contribution >= 4 is 16.5 Å². The average molecular weight is 249 g/mol. The summed E-state index contributed by atoms with van der Waals surface area (Å²) in [5.41, 5.74) is 8.94. The zero-order valence-corrected chi connectivity index (χ0v) is 10.8. The van der Waals surface area contributed by atoms with Gasteiger partial charge in [0.25, 0.3) is 0 Å². The van der Waals surface area contributed by atoms with Crippen LogP contribution in [-0.2, 0) is 0 Å². The third-order valence-electron chi connectivity index (χ3n) is 3.33. The molecule has 2 N–H and O–H groups in total. The molecule has 0 aliphatic heterocycles. The van der Waals surface area contributed by atoms with Crippen molar-refractivity contribution in [1.82, 2.24) is 0 Å². The number of hydrogen-bond acceptors (Lipinski definition) is 2. The van der Waals surface area contributed by atoms with E-state index in [0.29, 0.717) is 11.4 Å². The van der Waals surface area contributed by atoms with Crippen LogP contribution in [0.4, 0.5) is 5.69 Å². The predicted octanol–water partition coefficient (Wildman–Crippen LogP) is 4.10. The lowest BCUT2D eigenvalue weighted by atomic mass is 9.98. The monoisotopic (exact) mass is 249 g/mol. The van der Waals surface area contributed by atoms with Gasteiger partial charge in [-0.3, -0.25) is 0 Å². The van der Waals surface area contributed by atoms with Crippen molar-refractivity contribution in [1.29, 1.82) is 0 Å². The molecule has 0 bridgehead atoms. The van der Waals surface area contributed by atoms with Crippen molar-refractivity contribution in [2.75, 3.05) is 12.8 Å². The molecule has 0 unspecified atom stereocenters. The first-order valence-corrected chi connectivity index (χ1v) is 6.21. The molecule has 0 saturated heterocycles. The van der Waals surface area contributed by atoms with Crippen LogP contribution >= 0.6 is 0 Å². The van der Waals surface area contributed by atoms with Crippen LogP contribution < -0.4 is 10.5 Å². The van der Waals surface area contributed by atoms with Gasteiger partial charge in [-0.15, -0.1) is 0 Å². The molecule has 0 aliphatic rings. The zero-order valence-electron chi connectivity index (χ0n) is 10.8. The minimum Gasteiger partial charge on any atom is -0.495 e. The molecule has 3 aromatic rings. The van der Waals surface area contributed by atoms with Crippen LogP contribution in [0.5, 0.6) is 5.75 Å². The topological polar surface area (TPSA) is 35.2 Å². The Labute approximate surface area is 112 Å². The molecular formula is C17H15NO. The van der Waals surface area contributed by atoms with Gasteiger partial charge in [-0.05, 0) is 34.0 Å². The minimum absolute atomic E-state index is 0.660. The molecular weight excluding hydrogens is 234 g/mol. The number of fused-ring (bicyclic) bond motifs is 1. The summed E-state index contributed by atoms with van der Waals surface area (Å²) in [7, 11) is 1.63. The molecule has 0 fully saturated rings. The van der Waals surface area contributed by atoms with E-state index >= 15 is 0 Å². The van der Waals surface area contributed by atoms with Gasteiger partial charge < -0.3 is 10.5 Å². The summed E-state index contributed by atoms with van der Waals surface area (Å²) in [6.45, 7) is 0. The molecule has 3 aromatic carbocycles. The molecule has 0 radical (unpaired) electrons. The van der Waals surface area contributed by atoms with E-state index in [4.69, 9.17) is 10.5 Å². The first-order valence-electron chi connectivity index (χ1n) is 6.21. The van der Waals surface area contributed by atoms with Crippen LogP contribution in [0.1, 0.15) is 0 Å². The van der Waals surface area contributed by atoms with Crippen molar-refractivity contribution in [2.24, 2.45) is 0 Å². The van der Waals surface area contributed by atoms with Crippen molar-refractivity contribution in [3.05, 3.63) is 60.7 Å². The number of benzene rings is 3. The van der Waals surface area contributed by atoms with Crippen molar-refractivity contribution < 1.29 is 4.74 Å². The molecule has 0 aliphatic carbocycles. The van der Waals surface area contributed by atoms with Crippen LogP contribution in [0, 0.1) is 0 Å². The highest BCUT2D eigenvalue weighted by Gasteiger charge is 2.06. The molecule has 2 heteroatoms. The zero-order chi connectivity index (χ0) is 13.2. The SMILES string of the molecule is COc1ccc(-c2cccc3ccccc23)cc1N. The van der Waals surface area contributed by atoms with Crippen molar-refractivity contribution in [2.45, 2.75) is 0 Å². The number of anilines is 1. The molecule has 0 spiro atoms. The van der Waals surface area contributed by atoms with Crippen LogP contribution in [0.15, 0.2) is 60.7 Å². The molecule has 0 aromatic heterocycles. The highest BCUT2D eigenvalue weighted by molar-refractivity contribution is 5.97. The number of rotatable bonds is 2. The van der Waals surface area contributed by atoms with Gasteiger partial charge in [0.15, 0.2) is 0 Å². The van der Waals surface area contributed by atoms with Gasteiger partial charge in [0.1, 0.15) is 5.75 Å². The fourth-order valence-corrected chi connectivity index (χ4v) is 2.38. The second-order valence-corrected chi connectivity index (χ2v) is 4.48. The lowest BCUT2D eigenvalue weighted by Gasteiger charge is -2.10. The Hall–Kier alpha value is -2.48. The maximum Gasteiger partial charge on any atom is 0.141 e. The van der Waals surface area contributed by atoms with E-state index in [1.165, 1.54) is 16.3 Å². The Morgan fingerprint density at radius 1 is 0.895 bits per heavy atom. The van der Waals surface area contributed by atoms with Crippen LogP contribution in [-0.4, -0.2) is 7.11 Å². The Bertz CT molecular complexity index is 729. The molecule has 0 amide bonds. The summed E-state index contributed by atoms with van der Waals surface area (Å²) in [6, 6.07) is 20.6. The number of nitrogens with two attached hydrogens (primary N) is 1. The Morgan fingerprint density at radius 2 is 1.68 bits per heavy atom. The van der Waals surface area contributed by atoms with Crippen molar-refractivity contribution in [3.8, 4) is 16.9 Å². The Kier molecular flexibility index (Phi) is 2.84. The second-order valence-electron chi connectivity index (χ2n) is 4.48. The van der Waals surface area contributed by atoms with Crippen LogP contribution in [0.3, 0.4) is 0 Å². The fourth-order valence-electron chi connectivity index (χ4n) is 2.38. The average Bonchev–Trinajstić information content (AvgIpc) is 2.46. The Balaban J connectivity index is 2.22. The summed E-state index contributed by atoms with van der Waals surface area (Å²) in [6.07, 6.45) is 0. The first-order chi connectivity index (χ1) is 9.29. The fraction of sp³-hybridized carbons (Fsp3) is 0.0588. The molecule has 3 rings (SSSR count). The van der Waals surface area contributed by atoms with Gasteiger partial charge in [0.05, 0.1) is 12.8 Å².